The molecule has 0 aliphatic rings. The minimum atomic E-state index is 0.250. The Morgan fingerprint density at radius 3 is 2.06 bits per heavy atom. The summed E-state index contributed by atoms with van der Waals surface area (Å²) in [6, 6.07) is 12.8. The summed E-state index contributed by atoms with van der Waals surface area (Å²) in [6.07, 6.45) is 3.67. The lowest BCUT2D eigenvalue weighted by atomic mass is 9.98. The molecule has 1 aromatic heterocycles. The predicted octanol–water partition coefficient (Wildman–Crippen LogP) is 2.19. The molecule has 0 saturated heterocycles. The van der Waals surface area contributed by atoms with E-state index in [0.29, 0.717) is 6.54 Å². The van der Waals surface area contributed by atoms with E-state index in [1.807, 2.05) is 12.4 Å². The Labute approximate surface area is 108 Å². The second-order valence-corrected chi connectivity index (χ2v) is 4.59. The van der Waals surface area contributed by atoms with Crippen LogP contribution in [0.5, 0.6) is 0 Å². The third-order valence-corrected chi connectivity index (χ3v) is 3.07. The van der Waals surface area contributed by atoms with Gasteiger partial charge in [-0.05, 0) is 42.9 Å². The van der Waals surface area contributed by atoms with Crippen molar-refractivity contribution in [1.82, 2.24) is 9.88 Å². The van der Waals surface area contributed by atoms with E-state index in [1.54, 1.807) is 0 Å². The number of benzene rings is 1. The molecule has 0 spiro atoms. The molecule has 1 atom stereocenters. The summed E-state index contributed by atoms with van der Waals surface area (Å²) in [4.78, 5) is 6.27. The van der Waals surface area contributed by atoms with E-state index in [1.165, 1.54) is 11.1 Å². The molecule has 1 unspecified atom stereocenters. The van der Waals surface area contributed by atoms with E-state index in [9.17, 15) is 0 Å². The van der Waals surface area contributed by atoms with Crippen molar-refractivity contribution >= 4 is 0 Å². The van der Waals surface area contributed by atoms with Crippen LogP contribution in [0.4, 0.5) is 0 Å². The molecule has 3 heteroatoms. The highest BCUT2D eigenvalue weighted by molar-refractivity contribution is 5.32. The summed E-state index contributed by atoms with van der Waals surface area (Å²) in [5.41, 5.74) is 9.30. The van der Waals surface area contributed by atoms with Crippen molar-refractivity contribution in [2.75, 3.05) is 14.1 Å². The van der Waals surface area contributed by atoms with Gasteiger partial charge in [-0.1, -0.05) is 24.3 Å². The fourth-order valence-corrected chi connectivity index (χ4v) is 2.17. The molecule has 2 rings (SSSR count). The van der Waals surface area contributed by atoms with Crippen LogP contribution in [0.15, 0.2) is 48.8 Å². The Kier molecular flexibility index (Phi) is 4.07. The smallest absolute Gasteiger partial charge is 0.0597 e. The molecule has 1 aromatic carbocycles. The second kappa shape index (κ2) is 5.76. The third-order valence-electron chi connectivity index (χ3n) is 3.07. The fraction of sp³-hybridized carbons (Fsp3) is 0.267. The van der Waals surface area contributed by atoms with Gasteiger partial charge in [0.05, 0.1) is 6.04 Å². The van der Waals surface area contributed by atoms with E-state index in [0.717, 1.165) is 5.56 Å². The normalized spacial score (nSPS) is 12.7. The van der Waals surface area contributed by atoms with Gasteiger partial charge in [0.15, 0.2) is 0 Å². The van der Waals surface area contributed by atoms with E-state index in [-0.39, 0.29) is 6.04 Å². The van der Waals surface area contributed by atoms with Crippen LogP contribution >= 0.6 is 0 Å². The van der Waals surface area contributed by atoms with Crippen LogP contribution in [-0.2, 0) is 6.54 Å². The molecule has 0 bridgehead atoms. The Bertz CT molecular complexity index is 477. The molecule has 0 saturated carbocycles. The summed E-state index contributed by atoms with van der Waals surface area (Å²) >= 11 is 0. The van der Waals surface area contributed by atoms with Crippen molar-refractivity contribution in [2.45, 2.75) is 12.6 Å². The highest BCUT2D eigenvalue weighted by Gasteiger charge is 2.15. The lowest BCUT2D eigenvalue weighted by molar-refractivity contribution is 0.342. The van der Waals surface area contributed by atoms with Crippen LogP contribution in [0.3, 0.4) is 0 Å². The minimum Gasteiger partial charge on any atom is -0.326 e. The average Bonchev–Trinajstić information content (AvgIpc) is 2.40. The summed E-state index contributed by atoms with van der Waals surface area (Å²) in [5, 5.41) is 0. The van der Waals surface area contributed by atoms with Crippen LogP contribution in [0, 0.1) is 0 Å². The minimum absolute atomic E-state index is 0.250. The molecule has 0 fully saturated rings. The number of nitrogens with zero attached hydrogens (tertiary/aromatic N) is 2. The van der Waals surface area contributed by atoms with Crippen molar-refractivity contribution in [3.8, 4) is 0 Å². The molecule has 0 radical (unpaired) electrons. The molecule has 0 aliphatic carbocycles. The number of nitrogens with two attached hydrogens (primary N) is 1. The van der Waals surface area contributed by atoms with Crippen LogP contribution < -0.4 is 5.73 Å². The molecule has 2 N–H and O–H groups in total. The number of hydrogen-bond donors (Lipinski definition) is 1. The maximum atomic E-state index is 5.63. The van der Waals surface area contributed by atoms with E-state index in [2.05, 4.69) is 60.4 Å². The van der Waals surface area contributed by atoms with Gasteiger partial charge in [0.1, 0.15) is 0 Å². The number of hydrogen-bond acceptors (Lipinski definition) is 3. The SMILES string of the molecule is CN(C)C(c1ccncc1)c1ccc(CN)cc1. The predicted molar refractivity (Wildman–Crippen MR) is 74.1 cm³/mol. The van der Waals surface area contributed by atoms with E-state index in [4.69, 9.17) is 5.73 Å². The highest BCUT2D eigenvalue weighted by Crippen LogP contribution is 2.26. The van der Waals surface area contributed by atoms with Gasteiger partial charge in [0, 0.05) is 18.9 Å². The average molecular weight is 241 g/mol. The van der Waals surface area contributed by atoms with Gasteiger partial charge in [-0.3, -0.25) is 9.88 Å². The molecular weight excluding hydrogens is 222 g/mol. The van der Waals surface area contributed by atoms with Crippen molar-refractivity contribution < 1.29 is 0 Å². The van der Waals surface area contributed by atoms with E-state index < -0.39 is 0 Å². The third kappa shape index (κ3) is 2.75. The molecular formula is C15H19N3. The highest BCUT2D eigenvalue weighted by atomic mass is 15.1. The van der Waals surface area contributed by atoms with Gasteiger partial charge in [0.2, 0.25) is 0 Å². The summed E-state index contributed by atoms with van der Waals surface area (Å²) < 4.78 is 0. The number of rotatable bonds is 4. The van der Waals surface area contributed by atoms with Gasteiger partial charge >= 0.3 is 0 Å². The van der Waals surface area contributed by atoms with Crippen LogP contribution in [0.2, 0.25) is 0 Å². The van der Waals surface area contributed by atoms with Gasteiger partial charge in [-0.15, -0.1) is 0 Å². The summed E-state index contributed by atoms with van der Waals surface area (Å²) in [6.45, 7) is 0.585. The molecule has 0 aliphatic heterocycles. The second-order valence-electron chi connectivity index (χ2n) is 4.59. The molecule has 94 valence electrons. The molecule has 18 heavy (non-hydrogen) atoms. The number of pyridine rings is 1. The fourth-order valence-electron chi connectivity index (χ4n) is 2.17. The Hall–Kier alpha value is -1.71. The van der Waals surface area contributed by atoms with Gasteiger partial charge in [0.25, 0.3) is 0 Å². The lowest BCUT2D eigenvalue weighted by Gasteiger charge is -2.25. The van der Waals surface area contributed by atoms with Gasteiger partial charge in [-0.2, -0.15) is 0 Å². The monoisotopic (exact) mass is 241 g/mol. The van der Waals surface area contributed by atoms with E-state index >= 15 is 0 Å². The topological polar surface area (TPSA) is 42.2 Å². The van der Waals surface area contributed by atoms with Crippen molar-refractivity contribution in [3.63, 3.8) is 0 Å². The molecule has 3 nitrogen and oxygen atoms in total. The van der Waals surface area contributed by atoms with Gasteiger partial charge < -0.3 is 5.73 Å². The Balaban J connectivity index is 2.36. The first kappa shape index (κ1) is 12.7. The Morgan fingerprint density at radius 2 is 1.56 bits per heavy atom. The van der Waals surface area contributed by atoms with Gasteiger partial charge in [-0.25, -0.2) is 0 Å². The zero-order valence-corrected chi connectivity index (χ0v) is 10.9. The van der Waals surface area contributed by atoms with Crippen LogP contribution in [0.1, 0.15) is 22.7 Å². The first-order valence-electron chi connectivity index (χ1n) is 6.07. The Morgan fingerprint density at radius 1 is 1.00 bits per heavy atom. The van der Waals surface area contributed by atoms with Crippen LogP contribution in [-0.4, -0.2) is 24.0 Å². The first-order valence-corrected chi connectivity index (χ1v) is 6.07. The summed E-state index contributed by atoms with van der Waals surface area (Å²) in [5.74, 6) is 0. The molecule has 0 amide bonds. The number of aromatic nitrogens is 1. The van der Waals surface area contributed by atoms with Crippen molar-refractivity contribution in [1.29, 1.82) is 0 Å². The largest absolute Gasteiger partial charge is 0.326 e. The molecule has 1 heterocycles. The quantitative estimate of drug-likeness (QED) is 0.892. The maximum absolute atomic E-state index is 5.63. The van der Waals surface area contributed by atoms with Crippen molar-refractivity contribution in [3.05, 3.63) is 65.5 Å². The maximum Gasteiger partial charge on any atom is 0.0597 e. The first-order chi connectivity index (χ1) is 8.72. The van der Waals surface area contributed by atoms with Crippen molar-refractivity contribution in [2.24, 2.45) is 5.73 Å². The molecule has 2 aromatic rings. The lowest BCUT2D eigenvalue weighted by Crippen LogP contribution is -2.21. The standard InChI is InChI=1S/C15H19N3/c1-18(2)15(14-7-9-17-10-8-14)13-5-3-12(11-16)4-6-13/h3-10,15H,11,16H2,1-2H3. The zero-order valence-electron chi connectivity index (χ0n) is 10.9. The summed E-state index contributed by atoms with van der Waals surface area (Å²) in [7, 11) is 4.17. The zero-order chi connectivity index (χ0) is 13.0. The van der Waals surface area contributed by atoms with Crippen LogP contribution in [0.25, 0.3) is 0 Å².